The van der Waals surface area contributed by atoms with Crippen LogP contribution in [0, 0.1) is 28.6 Å². The molecule has 2 fully saturated rings. The average Bonchev–Trinajstić information content (AvgIpc) is 2.67. The second kappa shape index (κ2) is 2.32. The number of nitriles is 1. The van der Waals surface area contributed by atoms with Crippen LogP contribution in [0.5, 0.6) is 0 Å². The molecule has 68 valence electrons. The standard InChI is InChI=1S/C9H9NO3/c1-13-8(12)9(4-10)5-2-3-6(11)7(5)9/h5,7H,2-3H2,1H3. The molecule has 2 aliphatic carbocycles. The molecule has 0 bridgehead atoms. The Kier molecular flexibility index (Phi) is 1.47. The van der Waals surface area contributed by atoms with Crippen molar-refractivity contribution in [1.82, 2.24) is 0 Å². The van der Waals surface area contributed by atoms with E-state index in [9.17, 15) is 9.59 Å². The number of hydrogen-bond donors (Lipinski definition) is 0. The van der Waals surface area contributed by atoms with Crippen molar-refractivity contribution in [2.75, 3.05) is 7.11 Å². The van der Waals surface area contributed by atoms with E-state index in [2.05, 4.69) is 4.74 Å². The van der Waals surface area contributed by atoms with Crippen LogP contribution < -0.4 is 0 Å². The largest absolute Gasteiger partial charge is 0.468 e. The van der Waals surface area contributed by atoms with Crippen LogP contribution in [0.2, 0.25) is 0 Å². The minimum atomic E-state index is -1.12. The number of rotatable bonds is 1. The third kappa shape index (κ3) is 0.744. The molecule has 0 aromatic heterocycles. The zero-order valence-electron chi connectivity index (χ0n) is 7.24. The van der Waals surface area contributed by atoms with Gasteiger partial charge in [-0.3, -0.25) is 9.59 Å². The lowest BCUT2D eigenvalue weighted by Crippen LogP contribution is -2.23. The van der Waals surface area contributed by atoms with Crippen molar-refractivity contribution in [3.8, 4) is 6.07 Å². The molecular weight excluding hydrogens is 170 g/mol. The van der Waals surface area contributed by atoms with Gasteiger partial charge in [0.1, 0.15) is 5.78 Å². The molecule has 13 heavy (non-hydrogen) atoms. The SMILES string of the molecule is COC(=O)C1(C#N)C2CCC(=O)C21. The van der Waals surface area contributed by atoms with Gasteiger partial charge in [-0.2, -0.15) is 5.26 Å². The summed E-state index contributed by atoms with van der Waals surface area (Å²) in [6.07, 6.45) is 1.17. The number of Topliss-reactive ketones (excluding diaryl/α,β-unsaturated/α-hetero) is 1. The van der Waals surface area contributed by atoms with Crippen LogP contribution in [-0.4, -0.2) is 18.9 Å². The van der Waals surface area contributed by atoms with Gasteiger partial charge in [0.15, 0.2) is 5.41 Å². The number of methoxy groups -OCH3 is 1. The third-order valence-corrected chi connectivity index (χ3v) is 3.13. The summed E-state index contributed by atoms with van der Waals surface area (Å²) in [7, 11) is 1.25. The summed E-state index contributed by atoms with van der Waals surface area (Å²) in [5, 5.41) is 8.88. The summed E-state index contributed by atoms with van der Waals surface area (Å²) in [6, 6.07) is 1.94. The van der Waals surface area contributed by atoms with Crippen LogP contribution in [0.1, 0.15) is 12.8 Å². The summed E-state index contributed by atoms with van der Waals surface area (Å²) in [5.41, 5.74) is -1.12. The number of carbonyl (C=O) groups excluding carboxylic acids is 2. The second-order valence-electron chi connectivity index (χ2n) is 3.56. The second-order valence-corrected chi connectivity index (χ2v) is 3.56. The van der Waals surface area contributed by atoms with Gasteiger partial charge in [-0.05, 0) is 6.42 Å². The fourth-order valence-electron chi connectivity index (χ4n) is 2.43. The molecule has 0 spiro atoms. The molecule has 2 aliphatic rings. The number of ether oxygens (including phenoxy) is 1. The predicted octanol–water partition coefficient (Wildman–Crippen LogP) is 0.278. The van der Waals surface area contributed by atoms with Gasteiger partial charge in [-0.25, -0.2) is 0 Å². The first-order valence-corrected chi connectivity index (χ1v) is 4.21. The number of esters is 1. The molecular formula is C9H9NO3. The van der Waals surface area contributed by atoms with E-state index in [1.54, 1.807) is 0 Å². The number of carbonyl (C=O) groups is 2. The molecule has 0 heterocycles. The monoisotopic (exact) mass is 179 g/mol. The Morgan fingerprint density at radius 1 is 1.77 bits per heavy atom. The molecule has 4 nitrogen and oxygen atoms in total. The van der Waals surface area contributed by atoms with E-state index in [1.807, 2.05) is 6.07 Å². The Balaban J connectivity index is 2.29. The van der Waals surface area contributed by atoms with Crippen molar-refractivity contribution in [2.45, 2.75) is 12.8 Å². The lowest BCUT2D eigenvalue weighted by Gasteiger charge is -2.07. The van der Waals surface area contributed by atoms with Crippen molar-refractivity contribution in [2.24, 2.45) is 17.3 Å². The van der Waals surface area contributed by atoms with Crippen molar-refractivity contribution in [3.05, 3.63) is 0 Å². The van der Waals surface area contributed by atoms with Crippen molar-refractivity contribution >= 4 is 11.8 Å². The maximum atomic E-state index is 11.3. The fraction of sp³-hybridized carbons (Fsp3) is 0.667. The minimum absolute atomic E-state index is 0.0388. The third-order valence-electron chi connectivity index (χ3n) is 3.13. The minimum Gasteiger partial charge on any atom is -0.468 e. The lowest BCUT2D eigenvalue weighted by molar-refractivity contribution is -0.147. The van der Waals surface area contributed by atoms with Crippen LogP contribution >= 0.6 is 0 Å². The van der Waals surface area contributed by atoms with Crippen LogP contribution in [0.15, 0.2) is 0 Å². The van der Waals surface area contributed by atoms with Gasteiger partial charge in [0, 0.05) is 12.3 Å². The highest BCUT2D eigenvalue weighted by molar-refractivity contribution is 5.99. The topological polar surface area (TPSA) is 67.2 Å². The first-order chi connectivity index (χ1) is 6.18. The lowest BCUT2D eigenvalue weighted by atomic mass is 9.97. The molecule has 0 amide bonds. The number of nitrogens with zero attached hydrogens (tertiary/aromatic N) is 1. The first-order valence-electron chi connectivity index (χ1n) is 4.21. The summed E-state index contributed by atoms with van der Waals surface area (Å²) >= 11 is 0. The molecule has 0 aliphatic heterocycles. The maximum Gasteiger partial charge on any atom is 0.327 e. The fourth-order valence-corrected chi connectivity index (χ4v) is 2.43. The molecule has 0 N–H and O–H groups in total. The van der Waals surface area contributed by atoms with Gasteiger partial charge in [0.2, 0.25) is 0 Å². The Bertz CT molecular complexity index is 330. The highest BCUT2D eigenvalue weighted by Crippen LogP contribution is 2.65. The van der Waals surface area contributed by atoms with E-state index in [0.717, 1.165) is 0 Å². The summed E-state index contributed by atoms with van der Waals surface area (Å²) in [4.78, 5) is 22.5. The van der Waals surface area contributed by atoms with Gasteiger partial charge < -0.3 is 4.74 Å². The number of hydrogen-bond acceptors (Lipinski definition) is 4. The van der Waals surface area contributed by atoms with Gasteiger partial charge in [0.05, 0.1) is 19.1 Å². The van der Waals surface area contributed by atoms with Gasteiger partial charge in [0.25, 0.3) is 0 Å². The zero-order valence-corrected chi connectivity index (χ0v) is 7.24. The molecule has 0 radical (unpaired) electrons. The van der Waals surface area contributed by atoms with E-state index in [1.165, 1.54) is 7.11 Å². The maximum absolute atomic E-state index is 11.3. The quantitative estimate of drug-likeness (QED) is 0.542. The van der Waals surface area contributed by atoms with Crippen molar-refractivity contribution in [1.29, 1.82) is 5.26 Å². The van der Waals surface area contributed by atoms with E-state index in [4.69, 9.17) is 5.26 Å². The highest BCUT2D eigenvalue weighted by atomic mass is 16.5. The van der Waals surface area contributed by atoms with Crippen LogP contribution in [0.25, 0.3) is 0 Å². The molecule has 4 heteroatoms. The Hall–Kier alpha value is -1.37. The zero-order chi connectivity index (χ0) is 9.64. The van der Waals surface area contributed by atoms with Gasteiger partial charge in [-0.1, -0.05) is 0 Å². The number of fused-ring (bicyclic) bond motifs is 1. The molecule has 3 unspecified atom stereocenters. The molecule has 0 aromatic rings. The van der Waals surface area contributed by atoms with E-state index in [0.29, 0.717) is 12.8 Å². The van der Waals surface area contributed by atoms with Gasteiger partial charge >= 0.3 is 5.97 Å². The molecule has 0 saturated heterocycles. The summed E-state index contributed by atoms with van der Waals surface area (Å²) in [5.74, 6) is -0.947. The van der Waals surface area contributed by atoms with Crippen molar-refractivity contribution < 1.29 is 14.3 Å². The van der Waals surface area contributed by atoms with E-state index in [-0.39, 0.29) is 17.6 Å². The molecule has 3 atom stereocenters. The first kappa shape index (κ1) is 8.24. The van der Waals surface area contributed by atoms with Crippen molar-refractivity contribution in [3.63, 3.8) is 0 Å². The predicted molar refractivity (Wildman–Crippen MR) is 41.3 cm³/mol. The van der Waals surface area contributed by atoms with Crippen LogP contribution in [-0.2, 0) is 14.3 Å². The smallest absolute Gasteiger partial charge is 0.327 e. The Morgan fingerprint density at radius 3 is 2.85 bits per heavy atom. The van der Waals surface area contributed by atoms with Gasteiger partial charge in [-0.15, -0.1) is 0 Å². The number of ketones is 1. The molecule has 0 aromatic carbocycles. The van der Waals surface area contributed by atoms with Crippen LogP contribution in [0.4, 0.5) is 0 Å². The Labute approximate surface area is 75.5 Å². The molecule has 2 saturated carbocycles. The van der Waals surface area contributed by atoms with Crippen LogP contribution in [0.3, 0.4) is 0 Å². The Morgan fingerprint density at radius 2 is 2.46 bits per heavy atom. The van der Waals surface area contributed by atoms with E-state index >= 15 is 0 Å². The normalized spacial score (nSPS) is 40.8. The highest BCUT2D eigenvalue weighted by Gasteiger charge is 2.76. The van der Waals surface area contributed by atoms with E-state index < -0.39 is 11.4 Å². The summed E-state index contributed by atoms with van der Waals surface area (Å²) < 4.78 is 4.54. The summed E-state index contributed by atoms with van der Waals surface area (Å²) in [6.45, 7) is 0. The average molecular weight is 179 g/mol. The molecule has 2 rings (SSSR count).